The van der Waals surface area contributed by atoms with Gasteiger partial charge in [-0.25, -0.2) is 9.99 Å². The minimum absolute atomic E-state index is 0.0913. The molecule has 1 aromatic heterocycles. The molecule has 2 rings (SSSR count). The number of anilines is 1. The number of aromatic nitrogens is 2. The summed E-state index contributed by atoms with van der Waals surface area (Å²) in [7, 11) is 0. The Labute approximate surface area is 94.9 Å². The molecule has 1 saturated heterocycles. The van der Waals surface area contributed by atoms with Crippen molar-refractivity contribution in [1.29, 1.82) is 0 Å². The topological polar surface area (TPSA) is 61.0 Å². The molecule has 1 fully saturated rings. The first-order valence-corrected chi connectivity index (χ1v) is 5.90. The summed E-state index contributed by atoms with van der Waals surface area (Å²) in [5.41, 5.74) is 3.11. The summed E-state index contributed by atoms with van der Waals surface area (Å²) >= 11 is 0. The monoisotopic (exact) mass is 222 g/mol. The number of piperidine rings is 1. The quantitative estimate of drug-likeness (QED) is 0.805. The second-order valence-corrected chi connectivity index (χ2v) is 4.09. The number of rotatable bonds is 3. The Morgan fingerprint density at radius 3 is 2.88 bits per heavy atom. The van der Waals surface area contributed by atoms with E-state index < -0.39 is 0 Å². The summed E-state index contributed by atoms with van der Waals surface area (Å²) in [6.07, 6.45) is 4.44. The Hall–Kier alpha value is -1.36. The number of hydrazine groups is 1. The Kier molecular flexibility index (Phi) is 3.56. The maximum atomic E-state index is 11.4. The minimum atomic E-state index is -0.0913. The lowest BCUT2D eigenvalue weighted by molar-refractivity contribution is 0.272. The van der Waals surface area contributed by atoms with Gasteiger partial charge in [-0.2, -0.15) is 0 Å². The van der Waals surface area contributed by atoms with E-state index in [2.05, 4.69) is 20.4 Å². The van der Waals surface area contributed by atoms with Crippen LogP contribution in [0, 0.1) is 0 Å². The molecule has 2 heterocycles. The largest absolute Gasteiger partial charge is 0.310 e. The van der Waals surface area contributed by atoms with E-state index in [1.165, 1.54) is 25.3 Å². The van der Waals surface area contributed by atoms with Crippen LogP contribution < -0.4 is 11.0 Å². The molecule has 0 saturated carbocycles. The summed E-state index contributed by atoms with van der Waals surface area (Å²) in [6, 6.07) is 1.51. The first kappa shape index (κ1) is 11.1. The zero-order valence-electron chi connectivity index (χ0n) is 9.62. The summed E-state index contributed by atoms with van der Waals surface area (Å²) in [6.45, 7) is 4.02. The smallest absolute Gasteiger partial charge is 0.253 e. The van der Waals surface area contributed by atoms with Gasteiger partial charge in [0.05, 0.1) is 0 Å². The highest BCUT2D eigenvalue weighted by Gasteiger charge is 2.10. The van der Waals surface area contributed by atoms with Crippen molar-refractivity contribution in [3.05, 3.63) is 22.2 Å². The number of H-pyrrole nitrogens is 1. The molecule has 2 N–H and O–H groups in total. The van der Waals surface area contributed by atoms with Crippen molar-refractivity contribution in [2.75, 3.05) is 18.5 Å². The first-order valence-electron chi connectivity index (χ1n) is 5.90. The lowest BCUT2D eigenvalue weighted by Gasteiger charge is -2.27. The fourth-order valence-electron chi connectivity index (χ4n) is 1.90. The second kappa shape index (κ2) is 5.12. The van der Waals surface area contributed by atoms with Crippen LogP contribution >= 0.6 is 0 Å². The molecule has 1 aliphatic heterocycles. The average molecular weight is 222 g/mol. The van der Waals surface area contributed by atoms with Crippen molar-refractivity contribution in [1.82, 2.24) is 15.0 Å². The number of aryl methyl sites for hydroxylation is 1. The van der Waals surface area contributed by atoms with E-state index in [1.807, 2.05) is 6.92 Å². The fourth-order valence-corrected chi connectivity index (χ4v) is 1.90. The Morgan fingerprint density at radius 2 is 2.19 bits per heavy atom. The summed E-state index contributed by atoms with van der Waals surface area (Å²) in [5.74, 6) is 1.38. The van der Waals surface area contributed by atoms with E-state index in [-0.39, 0.29) is 5.56 Å². The van der Waals surface area contributed by atoms with Crippen molar-refractivity contribution < 1.29 is 0 Å². The molecule has 0 unspecified atom stereocenters. The minimum Gasteiger partial charge on any atom is -0.310 e. The van der Waals surface area contributed by atoms with Gasteiger partial charge in [-0.1, -0.05) is 13.3 Å². The van der Waals surface area contributed by atoms with Crippen molar-refractivity contribution in [2.45, 2.75) is 32.6 Å². The second-order valence-electron chi connectivity index (χ2n) is 4.09. The normalized spacial score (nSPS) is 17.3. The predicted molar refractivity (Wildman–Crippen MR) is 63.3 cm³/mol. The fraction of sp³-hybridized carbons (Fsp3) is 0.636. The van der Waals surface area contributed by atoms with Gasteiger partial charge in [0.2, 0.25) is 0 Å². The van der Waals surface area contributed by atoms with Crippen LogP contribution in [-0.4, -0.2) is 28.1 Å². The Morgan fingerprint density at radius 1 is 1.44 bits per heavy atom. The van der Waals surface area contributed by atoms with E-state index in [4.69, 9.17) is 0 Å². The first-order chi connectivity index (χ1) is 7.78. The number of nitrogens with one attached hydrogen (secondary N) is 2. The highest BCUT2D eigenvalue weighted by molar-refractivity contribution is 5.31. The van der Waals surface area contributed by atoms with Gasteiger partial charge in [-0.05, 0) is 12.8 Å². The number of aromatic amines is 1. The number of hydrogen-bond acceptors (Lipinski definition) is 4. The van der Waals surface area contributed by atoms with Crippen LogP contribution in [0.3, 0.4) is 0 Å². The highest BCUT2D eigenvalue weighted by Crippen LogP contribution is 2.10. The molecule has 88 valence electrons. The van der Waals surface area contributed by atoms with Gasteiger partial charge in [0.25, 0.3) is 5.56 Å². The van der Waals surface area contributed by atoms with Crippen LogP contribution in [0.25, 0.3) is 0 Å². The lowest BCUT2D eigenvalue weighted by atomic mass is 10.2. The maximum Gasteiger partial charge on any atom is 0.253 e. The third kappa shape index (κ3) is 2.82. The molecule has 1 aromatic rings. The maximum absolute atomic E-state index is 11.4. The average Bonchev–Trinajstić information content (AvgIpc) is 2.29. The Bertz CT molecular complexity index is 395. The van der Waals surface area contributed by atoms with Gasteiger partial charge in [0.1, 0.15) is 11.6 Å². The molecular formula is C11H18N4O. The van der Waals surface area contributed by atoms with E-state index >= 15 is 0 Å². The summed E-state index contributed by atoms with van der Waals surface area (Å²) in [5, 5.41) is 2.13. The van der Waals surface area contributed by atoms with Crippen LogP contribution in [0.1, 0.15) is 32.0 Å². The number of hydrogen-bond donors (Lipinski definition) is 2. The lowest BCUT2D eigenvalue weighted by Crippen LogP contribution is -2.35. The van der Waals surface area contributed by atoms with Gasteiger partial charge >= 0.3 is 0 Å². The molecule has 0 amide bonds. The molecule has 0 bridgehead atoms. The van der Waals surface area contributed by atoms with Gasteiger partial charge in [0.15, 0.2) is 0 Å². The Balaban J connectivity index is 2.07. The third-order valence-corrected chi connectivity index (χ3v) is 2.75. The van der Waals surface area contributed by atoms with E-state index in [1.54, 1.807) is 0 Å². The molecule has 5 heteroatoms. The van der Waals surface area contributed by atoms with Crippen LogP contribution in [0.4, 0.5) is 5.82 Å². The zero-order chi connectivity index (χ0) is 11.4. The van der Waals surface area contributed by atoms with Crippen molar-refractivity contribution in [3.8, 4) is 0 Å². The van der Waals surface area contributed by atoms with Crippen LogP contribution in [0.5, 0.6) is 0 Å². The van der Waals surface area contributed by atoms with Crippen LogP contribution in [-0.2, 0) is 6.42 Å². The van der Waals surface area contributed by atoms with E-state index in [0.29, 0.717) is 5.82 Å². The highest BCUT2D eigenvalue weighted by atomic mass is 16.1. The number of nitrogens with zero attached hydrogens (tertiary/aromatic N) is 2. The van der Waals surface area contributed by atoms with E-state index in [9.17, 15) is 4.79 Å². The van der Waals surface area contributed by atoms with Gasteiger partial charge < -0.3 is 10.4 Å². The van der Waals surface area contributed by atoms with Crippen molar-refractivity contribution in [3.63, 3.8) is 0 Å². The SMILES string of the molecule is CCc1nc(NN2CCCCC2)cc(=O)[nH]1. The molecular weight excluding hydrogens is 204 g/mol. The van der Waals surface area contributed by atoms with E-state index in [0.717, 1.165) is 25.3 Å². The molecule has 1 aliphatic rings. The van der Waals surface area contributed by atoms with Crippen molar-refractivity contribution in [2.24, 2.45) is 0 Å². The molecule has 16 heavy (non-hydrogen) atoms. The van der Waals surface area contributed by atoms with Gasteiger partial charge in [-0.15, -0.1) is 0 Å². The molecule has 0 atom stereocenters. The van der Waals surface area contributed by atoms with Crippen LogP contribution in [0.2, 0.25) is 0 Å². The molecule has 0 aliphatic carbocycles. The summed E-state index contributed by atoms with van der Waals surface area (Å²) in [4.78, 5) is 18.4. The molecule has 0 spiro atoms. The molecule has 0 aromatic carbocycles. The van der Waals surface area contributed by atoms with Gasteiger partial charge in [0, 0.05) is 25.6 Å². The zero-order valence-corrected chi connectivity index (χ0v) is 9.62. The van der Waals surface area contributed by atoms with Crippen LogP contribution in [0.15, 0.2) is 10.9 Å². The predicted octanol–water partition coefficient (Wildman–Crippen LogP) is 1.15. The third-order valence-electron chi connectivity index (χ3n) is 2.75. The van der Waals surface area contributed by atoms with Gasteiger partial charge in [-0.3, -0.25) is 4.79 Å². The van der Waals surface area contributed by atoms with Crippen molar-refractivity contribution >= 4 is 5.82 Å². The summed E-state index contributed by atoms with van der Waals surface area (Å²) < 4.78 is 0. The standard InChI is InChI=1S/C11H18N4O/c1-2-9-12-10(8-11(16)13-9)14-15-6-4-3-5-7-15/h8H,2-7H2,1H3,(H2,12,13,14,16). The molecule has 5 nitrogen and oxygen atoms in total. The molecule has 0 radical (unpaired) electrons.